The van der Waals surface area contributed by atoms with Gasteiger partial charge in [-0.15, -0.1) is 0 Å². The van der Waals surface area contributed by atoms with Gasteiger partial charge in [-0.05, 0) is 40.4 Å². The molecule has 0 aliphatic carbocycles. The van der Waals surface area contributed by atoms with Gasteiger partial charge in [0.2, 0.25) is 0 Å². The molecule has 0 aliphatic rings. The lowest BCUT2D eigenvalue weighted by Crippen LogP contribution is -2.38. The molecule has 2 aromatic heterocycles. The van der Waals surface area contributed by atoms with E-state index in [9.17, 15) is 0 Å². The lowest BCUT2D eigenvalue weighted by molar-refractivity contribution is 0.698. The minimum Gasteiger partial charge on any atom is -0.363 e. The van der Waals surface area contributed by atoms with Crippen molar-refractivity contribution in [2.24, 2.45) is 4.99 Å². The number of anilines is 1. The lowest BCUT2D eigenvalue weighted by atomic mass is 10.1. The topological polar surface area (TPSA) is 52.6 Å². The van der Waals surface area contributed by atoms with E-state index in [1.165, 1.54) is 5.56 Å². The monoisotopic (exact) mass is 331 g/mol. The van der Waals surface area contributed by atoms with E-state index >= 15 is 0 Å². The second-order valence-corrected chi connectivity index (χ2v) is 6.43. The van der Waals surface area contributed by atoms with Crippen LogP contribution in [-0.2, 0) is 6.54 Å². The maximum absolute atomic E-state index is 4.60. The van der Waals surface area contributed by atoms with E-state index in [0.29, 0.717) is 12.5 Å². The van der Waals surface area contributed by atoms with Crippen molar-refractivity contribution in [3.63, 3.8) is 0 Å². The summed E-state index contributed by atoms with van der Waals surface area (Å²) >= 11 is 1.73. The molecule has 2 aromatic rings. The highest BCUT2D eigenvalue weighted by atomic mass is 32.1. The number of pyridine rings is 1. The summed E-state index contributed by atoms with van der Waals surface area (Å²) in [6.07, 6.45) is 0. The fraction of sp³-hybridized carbons (Fsp3) is 0.412. The first-order valence-corrected chi connectivity index (χ1v) is 8.64. The van der Waals surface area contributed by atoms with Crippen molar-refractivity contribution >= 4 is 23.1 Å². The minimum absolute atomic E-state index is 0.454. The van der Waals surface area contributed by atoms with Gasteiger partial charge in [-0.1, -0.05) is 13.0 Å². The fourth-order valence-corrected chi connectivity index (χ4v) is 2.91. The maximum atomic E-state index is 4.60. The molecule has 0 bridgehead atoms. The number of hydrogen-bond acceptors (Lipinski definition) is 4. The Kier molecular flexibility index (Phi) is 6.40. The highest BCUT2D eigenvalue weighted by Crippen LogP contribution is 2.17. The second-order valence-electron chi connectivity index (χ2n) is 5.65. The third-order valence-electron chi connectivity index (χ3n) is 3.60. The molecule has 0 fully saturated rings. The average Bonchev–Trinajstić information content (AvgIpc) is 3.09. The zero-order valence-corrected chi connectivity index (χ0v) is 15.0. The lowest BCUT2D eigenvalue weighted by Gasteiger charge is -2.16. The first-order chi connectivity index (χ1) is 11.1. The first kappa shape index (κ1) is 17.3. The molecule has 1 unspecified atom stereocenters. The van der Waals surface area contributed by atoms with Gasteiger partial charge in [0.15, 0.2) is 5.96 Å². The SMILES string of the molecule is CN=C(NCc1cccc(N(C)C)n1)NCC(C)c1ccsc1. The van der Waals surface area contributed by atoms with Crippen LogP contribution in [0.2, 0.25) is 0 Å². The summed E-state index contributed by atoms with van der Waals surface area (Å²) in [5.41, 5.74) is 2.35. The predicted octanol–water partition coefficient (Wildman–Crippen LogP) is 2.68. The van der Waals surface area contributed by atoms with Crippen LogP contribution in [0, 0.1) is 0 Å². The molecule has 0 amide bonds. The van der Waals surface area contributed by atoms with Gasteiger partial charge in [-0.3, -0.25) is 4.99 Å². The summed E-state index contributed by atoms with van der Waals surface area (Å²) in [5.74, 6) is 2.21. The Labute approximate surface area is 142 Å². The Balaban J connectivity index is 1.84. The molecule has 2 N–H and O–H groups in total. The Hall–Kier alpha value is -2.08. The Morgan fingerprint density at radius 2 is 2.13 bits per heavy atom. The van der Waals surface area contributed by atoms with Gasteiger partial charge in [-0.25, -0.2) is 4.98 Å². The number of thiophene rings is 1. The number of nitrogens with one attached hydrogen (secondary N) is 2. The van der Waals surface area contributed by atoms with Gasteiger partial charge in [0.1, 0.15) is 5.82 Å². The molecule has 0 aliphatic heterocycles. The number of nitrogens with zero attached hydrogens (tertiary/aromatic N) is 3. The Morgan fingerprint density at radius 3 is 2.78 bits per heavy atom. The number of hydrogen-bond donors (Lipinski definition) is 2. The van der Waals surface area contributed by atoms with Crippen LogP contribution in [0.3, 0.4) is 0 Å². The molecular formula is C17H25N5S. The highest BCUT2D eigenvalue weighted by molar-refractivity contribution is 7.07. The molecule has 5 nitrogen and oxygen atoms in total. The Morgan fingerprint density at radius 1 is 1.30 bits per heavy atom. The number of rotatable bonds is 6. The van der Waals surface area contributed by atoms with E-state index < -0.39 is 0 Å². The van der Waals surface area contributed by atoms with E-state index in [0.717, 1.165) is 24.0 Å². The quantitative estimate of drug-likeness (QED) is 0.631. The van der Waals surface area contributed by atoms with Crippen LogP contribution in [0.5, 0.6) is 0 Å². The molecule has 6 heteroatoms. The maximum Gasteiger partial charge on any atom is 0.191 e. The summed E-state index contributed by atoms with van der Waals surface area (Å²) < 4.78 is 0. The summed E-state index contributed by atoms with van der Waals surface area (Å²) in [4.78, 5) is 10.9. The molecule has 0 saturated heterocycles. The van der Waals surface area contributed by atoms with Gasteiger partial charge < -0.3 is 15.5 Å². The van der Waals surface area contributed by atoms with Crippen molar-refractivity contribution in [1.82, 2.24) is 15.6 Å². The van der Waals surface area contributed by atoms with Gasteiger partial charge >= 0.3 is 0 Å². The van der Waals surface area contributed by atoms with Crippen LogP contribution in [-0.4, -0.2) is 38.6 Å². The second kappa shape index (κ2) is 8.53. The number of aliphatic imine (C=N–C) groups is 1. The van der Waals surface area contributed by atoms with Gasteiger partial charge in [-0.2, -0.15) is 11.3 Å². The van der Waals surface area contributed by atoms with Crippen molar-refractivity contribution in [2.75, 3.05) is 32.6 Å². The van der Waals surface area contributed by atoms with E-state index in [1.54, 1.807) is 18.4 Å². The number of aromatic nitrogens is 1. The Bertz CT molecular complexity index is 622. The van der Waals surface area contributed by atoms with Crippen LogP contribution in [0.1, 0.15) is 24.1 Å². The molecule has 23 heavy (non-hydrogen) atoms. The van der Waals surface area contributed by atoms with Crippen molar-refractivity contribution in [3.8, 4) is 0 Å². The van der Waals surface area contributed by atoms with Crippen molar-refractivity contribution in [3.05, 3.63) is 46.3 Å². The third kappa shape index (κ3) is 5.25. The molecule has 0 aromatic carbocycles. The summed E-state index contributed by atoms with van der Waals surface area (Å²) in [6.45, 7) is 3.71. The smallest absolute Gasteiger partial charge is 0.191 e. The van der Waals surface area contributed by atoms with Gasteiger partial charge in [0.25, 0.3) is 0 Å². The molecule has 2 heterocycles. The van der Waals surface area contributed by atoms with Crippen molar-refractivity contribution < 1.29 is 0 Å². The zero-order valence-electron chi connectivity index (χ0n) is 14.2. The normalized spacial score (nSPS) is 12.8. The molecule has 0 radical (unpaired) electrons. The van der Waals surface area contributed by atoms with E-state index in [2.05, 4.69) is 44.4 Å². The third-order valence-corrected chi connectivity index (χ3v) is 4.30. The van der Waals surface area contributed by atoms with Crippen molar-refractivity contribution in [2.45, 2.75) is 19.4 Å². The molecule has 124 valence electrons. The fourth-order valence-electron chi connectivity index (χ4n) is 2.13. The molecule has 2 rings (SSSR count). The standard InChI is InChI=1S/C17H25N5S/c1-13(14-8-9-23-12-14)10-19-17(18-2)20-11-15-6-5-7-16(21-15)22(3)4/h5-9,12-13H,10-11H2,1-4H3,(H2,18,19,20). The molecule has 1 atom stereocenters. The van der Waals surface area contributed by atoms with Crippen molar-refractivity contribution in [1.29, 1.82) is 0 Å². The van der Waals surface area contributed by atoms with Crippen LogP contribution in [0.15, 0.2) is 40.0 Å². The van der Waals surface area contributed by atoms with E-state index in [4.69, 9.17) is 0 Å². The van der Waals surface area contributed by atoms with E-state index in [-0.39, 0.29) is 0 Å². The largest absolute Gasteiger partial charge is 0.363 e. The predicted molar refractivity (Wildman–Crippen MR) is 99.5 cm³/mol. The van der Waals surface area contributed by atoms with Gasteiger partial charge in [0, 0.05) is 27.7 Å². The minimum atomic E-state index is 0.454. The van der Waals surface area contributed by atoms with Gasteiger partial charge in [0.05, 0.1) is 12.2 Å². The number of guanidine groups is 1. The molecular weight excluding hydrogens is 306 g/mol. The molecule has 0 spiro atoms. The van der Waals surface area contributed by atoms with Crippen LogP contribution in [0.4, 0.5) is 5.82 Å². The van der Waals surface area contributed by atoms with Crippen LogP contribution < -0.4 is 15.5 Å². The zero-order chi connectivity index (χ0) is 16.7. The molecule has 0 saturated carbocycles. The van der Waals surface area contributed by atoms with E-state index in [1.807, 2.05) is 37.2 Å². The summed E-state index contributed by atoms with van der Waals surface area (Å²) in [5, 5.41) is 11.0. The average molecular weight is 331 g/mol. The van der Waals surface area contributed by atoms with Crippen LogP contribution in [0.25, 0.3) is 0 Å². The summed E-state index contributed by atoms with van der Waals surface area (Å²) in [6, 6.07) is 8.21. The summed E-state index contributed by atoms with van der Waals surface area (Å²) in [7, 11) is 5.77. The first-order valence-electron chi connectivity index (χ1n) is 7.70. The van der Waals surface area contributed by atoms with Crippen LogP contribution >= 0.6 is 11.3 Å². The highest BCUT2D eigenvalue weighted by Gasteiger charge is 2.07.